The van der Waals surface area contributed by atoms with E-state index in [2.05, 4.69) is 5.32 Å². The number of halogens is 1. The van der Waals surface area contributed by atoms with E-state index in [0.29, 0.717) is 11.5 Å². The van der Waals surface area contributed by atoms with Gasteiger partial charge in [-0.15, -0.1) is 0 Å². The highest BCUT2D eigenvalue weighted by Crippen LogP contribution is 2.30. The number of para-hydroxylation sites is 2. The molecule has 142 valence electrons. The van der Waals surface area contributed by atoms with Gasteiger partial charge in [0.2, 0.25) is 0 Å². The molecule has 0 fully saturated rings. The highest BCUT2D eigenvalue weighted by Gasteiger charge is 2.21. The van der Waals surface area contributed by atoms with Crippen LogP contribution in [0, 0.1) is 5.82 Å². The molecule has 0 bridgehead atoms. The first-order valence-electron chi connectivity index (χ1n) is 8.22. The molecule has 1 amide bonds. The first-order valence-corrected chi connectivity index (χ1v) is 8.22. The maximum absolute atomic E-state index is 13.8. The highest BCUT2D eigenvalue weighted by atomic mass is 19.1. The van der Waals surface area contributed by atoms with Crippen LogP contribution in [0.2, 0.25) is 0 Å². The lowest BCUT2D eigenvalue weighted by atomic mass is 10.2. The molecule has 1 aliphatic heterocycles. The third kappa shape index (κ3) is 4.66. The van der Waals surface area contributed by atoms with E-state index in [0.717, 1.165) is 6.07 Å². The zero-order valence-electron chi connectivity index (χ0n) is 14.6. The summed E-state index contributed by atoms with van der Waals surface area (Å²) in [6.45, 7) is -0.0653. The summed E-state index contributed by atoms with van der Waals surface area (Å²) >= 11 is 0. The number of ether oxygens (including phenoxy) is 4. The Bertz CT molecular complexity index is 841. The lowest BCUT2D eigenvalue weighted by molar-refractivity contribution is -0.124. The van der Waals surface area contributed by atoms with E-state index >= 15 is 0 Å². The van der Waals surface area contributed by atoms with Crippen LogP contribution in [0.3, 0.4) is 0 Å². The second kappa shape index (κ2) is 8.39. The Kier molecular flexibility index (Phi) is 5.75. The second-order valence-corrected chi connectivity index (χ2v) is 5.72. The van der Waals surface area contributed by atoms with E-state index < -0.39 is 24.3 Å². The van der Waals surface area contributed by atoms with Crippen LogP contribution in [0.1, 0.15) is 10.4 Å². The zero-order valence-corrected chi connectivity index (χ0v) is 14.6. The van der Waals surface area contributed by atoms with Gasteiger partial charge in [0.15, 0.2) is 18.1 Å². The van der Waals surface area contributed by atoms with Gasteiger partial charge < -0.3 is 24.3 Å². The van der Waals surface area contributed by atoms with Crippen LogP contribution in [-0.4, -0.2) is 44.8 Å². The Morgan fingerprint density at radius 1 is 1.22 bits per heavy atom. The average molecular weight is 375 g/mol. The molecule has 0 radical (unpaired) electrons. The number of methoxy groups -OCH3 is 1. The number of carbonyl (C=O) groups is 2. The minimum atomic E-state index is -0.934. The molecule has 0 aromatic heterocycles. The zero-order chi connectivity index (χ0) is 19.2. The molecule has 0 aliphatic carbocycles. The quantitative estimate of drug-likeness (QED) is 0.777. The van der Waals surface area contributed by atoms with Crippen LogP contribution >= 0.6 is 0 Å². The van der Waals surface area contributed by atoms with Gasteiger partial charge in [0, 0.05) is 6.07 Å². The summed E-state index contributed by atoms with van der Waals surface area (Å²) in [6, 6.07) is 11.0. The van der Waals surface area contributed by atoms with E-state index in [-0.39, 0.29) is 30.6 Å². The van der Waals surface area contributed by atoms with Gasteiger partial charge in [0.1, 0.15) is 24.3 Å². The molecular weight excluding hydrogens is 357 g/mol. The number of fused-ring (bicyclic) bond motifs is 1. The lowest BCUT2D eigenvalue weighted by Gasteiger charge is -2.26. The highest BCUT2D eigenvalue weighted by molar-refractivity contribution is 5.91. The fourth-order valence-electron chi connectivity index (χ4n) is 2.44. The van der Waals surface area contributed by atoms with Crippen molar-refractivity contribution in [3.05, 3.63) is 53.8 Å². The molecule has 1 atom stereocenters. The van der Waals surface area contributed by atoms with Crippen LogP contribution in [0.15, 0.2) is 42.5 Å². The van der Waals surface area contributed by atoms with Gasteiger partial charge in [0.05, 0.1) is 19.2 Å². The van der Waals surface area contributed by atoms with E-state index in [1.54, 1.807) is 12.1 Å². The number of benzene rings is 2. The summed E-state index contributed by atoms with van der Waals surface area (Å²) in [7, 11) is 1.39. The first-order chi connectivity index (χ1) is 13.1. The summed E-state index contributed by atoms with van der Waals surface area (Å²) < 4.78 is 34.8. The number of esters is 1. The molecule has 27 heavy (non-hydrogen) atoms. The van der Waals surface area contributed by atoms with E-state index in [1.165, 1.54) is 19.2 Å². The number of hydrogen-bond donors (Lipinski definition) is 1. The molecule has 3 rings (SSSR count). The van der Waals surface area contributed by atoms with Crippen LogP contribution in [0.5, 0.6) is 17.2 Å². The molecule has 1 unspecified atom stereocenters. The van der Waals surface area contributed by atoms with Crippen molar-refractivity contribution in [3.63, 3.8) is 0 Å². The number of nitrogens with one attached hydrogen (secondary N) is 1. The second-order valence-electron chi connectivity index (χ2n) is 5.72. The number of amides is 1. The largest absolute Gasteiger partial charge is 0.497 e. The summed E-state index contributed by atoms with van der Waals surface area (Å²) in [6.07, 6.45) is -0.362. The molecule has 1 N–H and O–H groups in total. The number of rotatable bonds is 6. The fraction of sp³-hybridized carbons (Fsp3) is 0.263. The Labute approximate surface area is 155 Å². The van der Waals surface area contributed by atoms with E-state index in [9.17, 15) is 14.0 Å². The molecule has 0 spiro atoms. The predicted octanol–water partition coefficient (Wildman–Crippen LogP) is 1.95. The number of carbonyl (C=O) groups excluding carboxylic acids is 2. The van der Waals surface area contributed by atoms with Crippen molar-refractivity contribution in [2.45, 2.75) is 6.10 Å². The van der Waals surface area contributed by atoms with Gasteiger partial charge in [-0.25, -0.2) is 9.18 Å². The Morgan fingerprint density at radius 2 is 2.00 bits per heavy atom. The normalized spacial score (nSPS) is 15.0. The van der Waals surface area contributed by atoms with Gasteiger partial charge in [0.25, 0.3) is 5.91 Å². The first kappa shape index (κ1) is 18.5. The van der Waals surface area contributed by atoms with Gasteiger partial charge in [-0.1, -0.05) is 12.1 Å². The van der Waals surface area contributed by atoms with Crippen molar-refractivity contribution < 1.29 is 32.9 Å². The Hall–Kier alpha value is -3.29. The van der Waals surface area contributed by atoms with Crippen molar-refractivity contribution in [2.24, 2.45) is 0 Å². The molecular formula is C19H18FNO6. The van der Waals surface area contributed by atoms with Crippen molar-refractivity contribution in [1.29, 1.82) is 0 Å². The van der Waals surface area contributed by atoms with Crippen LogP contribution < -0.4 is 19.5 Å². The van der Waals surface area contributed by atoms with Gasteiger partial charge in [-0.2, -0.15) is 0 Å². The van der Waals surface area contributed by atoms with Gasteiger partial charge >= 0.3 is 5.97 Å². The third-order valence-corrected chi connectivity index (χ3v) is 3.82. The van der Waals surface area contributed by atoms with Crippen molar-refractivity contribution in [1.82, 2.24) is 5.32 Å². The summed E-state index contributed by atoms with van der Waals surface area (Å²) in [5, 5.41) is 2.59. The van der Waals surface area contributed by atoms with Crippen LogP contribution in [0.25, 0.3) is 0 Å². The standard InChI is InChI=1S/C19H18FNO6/c1-24-12-6-7-14(15(20)8-12)19(23)26-11-18(22)21-9-13-10-25-16-4-2-3-5-17(16)27-13/h2-8,13H,9-11H2,1H3,(H,21,22). The van der Waals surface area contributed by atoms with Crippen LogP contribution in [-0.2, 0) is 9.53 Å². The van der Waals surface area contributed by atoms with E-state index in [1.807, 2.05) is 12.1 Å². The summed E-state index contributed by atoms with van der Waals surface area (Å²) in [5.74, 6) is -0.722. The molecule has 1 heterocycles. The predicted molar refractivity (Wildman–Crippen MR) is 92.6 cm³/mol. The summed E-state index contributed by atoms with van der Waals surface area (Å²) in [5.41, 5.74) is -0.274. The van der Waals surface area contributed by atoms with E-state index in [4.69, 9.17) is 18.9 Å². The fourth-order valence-corrected chi connectivity index (χ4v) is 2.44. The minimum absolute atomic E-state index is 0.182. The lowest BCUT2D eigenvalue weighted by Crippen LogP contribution is -2.42. The SMILES string of the molecule is COc1ccc(C(=O)OCC(=O)NCC2COc3ccccc3O2)c(F)c1. The summed E-state index contributed by atoms with van der Waals surface area (Å²) in [4.78, 5) is 23.7. The van der Waals surface area contributed by atoms with Crippen molar-refractivity contribution in [2.75, 3.05) is 26.9 Å². The minimum Gasteiger partial charge on any atom is -0.497 e. The van der Waals surface area contributed by atoms with Crippen LogP contribution in [0.4, 0.5) is 4.39 Å². The Morgan fingerprint density at radius 3 is 2.74 bits per heavy atom. The third-order valence-electron chi connectivity index (χ3n) is 3.82. The Balaban J connectivity index is 1.44. The molecule has 7 nitrogen and oxygen atoms in total. The van der Waals surface area contributed by atoms with Gasteiger partial charge in [-0.05, 0) is 24.3 Å². The number of hydrogen-bond acceptors (Lipinski definition) is 6. The molecule has 8 heteroatoms. The van der Waals surface area contributed by atoms with Crippen molar-refractivity contribution >= 4 is 11.9 Å². The molecule has 2 aromatic rings. The van der Waals surface area contributed by atoms with Crippen molar-refractivity contribution in [3.8, 4) is 17.2 Å². The molecule has 0 saturated heterocycles. The molecule has 0 saturated carbocycles. The maximum Gasteiger partial charge on any atom is 0.341 e. The average Bonchev–Trinajstić information content (AvgIpc) is 2.70. The molecule has 2 aromatic carbocycles. The topological polar surface area (TPSA) is 83.1 Å². The smallest absolute Gasteiger partial charge is 0.341 e. The van der Waals surface area contributed by atoms with Gasteiger partial charge in [-0.3, -0.25) is 4.79 Å². The maximum atomic E-state index is 13.8. The molecule has 1 aliphatic rings. The monoisotopic (exact) mass is 375 g/mol.